The maximum absolute atomic E-state index is 12.4. The van der Waals surface area contributed by atoms with Crippen LogP contribution in [0.25, 0.3) is 0 Å². The van der Waals surface area contributed by atoms with Crippen molar-refractivity contribution in [2.24, 2.45) is 0 Å². The SMILES string of the molecule is CN(Cc1ccccc1)S(=O)(=O)c1cccc(N)c1. The highest BCUT2D eigenvalue weighted by Crippen LogP contribution is 2.18. The summed E-state index contributed by atoms with van der Waals surface area (Å²) in [5.74, 6) is 0. The number of benzene rings is 2. The van der Waals surface area contributed by atoms with Gasteiger partial charge in [-0.2, -0.15) is 4.31 Å². The van der Waals surface area contributed by atoms with E-state index >= 15 is 0 Å². The summed E-state index contributed by atoms with van der Waals surface area (Å²) >= 11 is 0. The molecule has 0 amide bonds. The fourth-order valence-electron chi connectivity index (χ4n) is 1.78. The van der Waals surface area contributed by atoms with E-state index in [0.717, 1.165) is 5.56 Å². The average Bonchev–Trinajstić information content (AvgIpc) is 2.40. The summed E-state index contributed by atoms with van der Waals surface area (Å²) in [6.07, 6.45) is 0. The van der Waals surface area contributed by atoms with Gasteiger partial charge in [0.05, 0.1) is 4.90 Å². The van der Waals surface area contributed by atoms with E-state index in [1.165, 1.54) is 10.4 Å². The minimum absolute atomic E-state index is 0.214. The molecule has 2 aromatic carbocycles. The van der Waals surface area contributed by atoms with Gasteiger partial charge < -0.3 is 5.73 Å². The van der Waals surface area contributed by atoms with E-state index in [1.807, 2.05) is 30.3 Å². The fourth-order valence-corrected chi connectivity index (χ4v) is 2.99. The predicted molar refractivity (Wildman–Crippen MR) is 75.9 cm³/mol. The zero-order valence-corrected chi connectivity index (χ0v) is 11.5. The van der Waals surface area contributed by atoms with Crippen molar-refractivity contribution < 1.29 is 8.42 Å². The molecule has 5 heteroatoms. The minimum Gasteiger partial charge on any atom is -0.399 e. The Hall–Kier alpha value is -1.85. The molecule has 0 aromatic heterocycles. The molecule has 0 saturated heterocycles. The van der Waals surface area contributed by atoms with Crippen molar-refractivity contribution in [3.05, 3.63) is 60.2 Å². The van der Waals surface area contributed by atoms with E-state index in [9.17, 15) is 8.42 Å². The van der Waals surface area contributed by atoms with Gasteiger partial charge in [0, 0.05) is 19.3 Å². The zero-order valence-electron chi connectivity index (χ0n) is 10.7. The van der Waals surface area contributed by atoms with Crippen LogP contribution in [0.2, 0.25) is 0 Å². The van der Waals surface area contributed by atoms with Crippen molar-refractivity contribution in [1.29, 1.82) is 0 Å². The lowest BCUT2D eigenvalue weighted by molar-refractivity contribution is 0.467. The van der Waals surface area contributed by atoms with E-state index in [2.05, 4.69) is 0 Å². The van der Waals surface area contributed by atoms with E-state index in [4.69, 9.17) is 5.73 Å². The number of anilines is 1. The monoisotopic (exact) mass is 276 g/mol. The third-order valence-electron chi connectivity index (χ3n) is 2.81. The van der Waals surface area contributed by atoms with Crippen molar-refractivity contribution in [2.75, 3.05) is 12.8 Å². The van der Waals surface area contributed by atoms with E-state index < -0.39 is 10.0 Å². The van der Waals surface area contributed by atoms with Crippen LogP contribution in [0, 0.1) is 0 Å². The molecule has 0 spiro atoms. The van der Waals surface area contributed by atoms with Gasteiger partial charge in [0.1, 0.15) is 0 Å². The Kier molecular flexibility index (Phi) is 3.87. The van der Waals surface area contributed by atoms with Crippen LogP contribution in [0.1, 0.15) is 5.56 Å². The number of nitrogens with two attached hydrogens (primary N) is 1. The number of sulfonamides is 1. The number of nitrogen functional groups attached to an aromatic ring is 1. The minimum atomic E-state index is -3.51. The molecule has 0 radical (unpaired) electrons. The number of rotatable bonds is 4. The second-order valence-corrected chi connectivity index (χ2v) is 6.36. The molecule has 0 aliphatic rings. The largest absolute Gasteiger partial charge is 0.399 e. The molecule has 0 bridgehead atoms. The molecule has 2 aromatic rings. The topological polar surface area (TPSA) is 63.4 Å². The molecule has 0 aliphatic heterocycles. The molecule has 0 heterocycles. The van der Waals surface area contributed by atoms with E-state index in [-0.39, 0.29) is 4.90 Å². The summed E-state index contributed by atoms with van der Waals surface area (Å²) in [4.78, 5) is 0.214. The molecule has 0 fully saturated rings. The lowest BCUT2D eigenvalue weighted by Crippen LogP contribution is -2.26. The summed E-state index contributed by atoms with van der Waals surface area (Å²) < 4.78 is 26.0. The van der Waals surface area contributed by atoms with E-state index in [0.29, 0.717) is 12.2 Å². The Bertz CT molecular complexity index is 654. The van der Waals surface area contributed by atoms with Crippen LogP contribution in [0.15, 0.2) is 59.5 Å². The highest BCUT2D eigenvalue weighted by Gasteiger charge is 2.20. The first-order valence-corrected chi connectivity index (χ1v) is 7.30. The van der Waals surface area contributed by atoms with Gasteiger partial charge in [0.15, 0.2) is 0 Å². The number of hydrogen-bond acceptors (Lipinski definition) is 3. The lowest BCUT2D eigenvalue weighted by atomic mass is 10.2. The number of hydrogen-bond donors (Lipinski definition) is 1. The zero-order chi connectivity index (χ0) is 13.9. The van der Waals surface area contributed by atoms with Crippen molar-refractivity contribution in [2.45, 2.75) is 11.4 Å². The Labute approximate surface area is 113 Å². The average molecular weight is 276 g/mol. The Morgan fingerprint density at radius 2 is 1.74 bits per heavy atom. The molecule has 0 aliphatic carbocycles. The van der Waals surface area contributed by atoms with Gasteiger partial charge in [-0.15, -0.1) is 0 Å². The van der Waals surface area contributed by atoms with Crippen LogP contribution in [0.4, 0.5) is 5.69 Å². The highest BCUT2D eigenvalue weighted by molar-refractivity contribution is 7.89. The van der Waals surface area contributed by atoms with Gasteiger partial charge in [0.2, 0.25) is 10.0 Å². The molecule has 0 saturated carbocycles. The molecular weight excluding hydrogens is 260 g/mol. The third kappa shape index (κ3) is 3.13. The lowest BCUT2D eigenvalue weighted by Gasteiger charge is -2.17. The van der Waals surface area contributed by atoms with E-state index in [1.54, 1.807) is 25.2 Å². The summed E-state index contributed by atoms with van der Waals surface area (Å²) in [5.41, 5.74) is 7.01. The summed E-state index contributed by atoms with van der Waals surface area (Å²) in [6, 6.07) is 15.8. The molecular formula is C14H16N2O2S. The Morgan fingerprint density at radius 3 is 2.37 bits per heavy atom. The van der Waals surface area contributed by atoms with Crippen LogP contribution in [0.3, 0.4) is 0 Å². The van der Waals surface area contributed by atoms with Gasteiger partial charge in [0.25, 0.3) is 0 Å². The molecule has 19 heavy (non-hydrogen) atoms. The molecule has 2 rings (SSSR count). The second kappa shape index (κ2) is 5.42. The van der Waals surface area contributed by atoms with Gasteiger partial charge >= 0.3 is 0 Å². The molecule has 100 valence electrons. The molecule has 0 unspecified atom stereocenters. The third-order valence-corrected chi connectivity index (χ3v) is 4.61. The van der Waals surface area contributed by atoms with Crippen LogP contribution in [0.5, 0.6) is 0 Å². The van der Waals surface area contributed by atoms with Crippen molar-refractivity contribution in [1.82, 2.24) is 4.31 Å². The van der Waals surface area contributed by atoms with Crippen molar-refractivity contribution in [3.63, 3.8) is 0 Å². The molecule has 2 N–H and O–H groups in total. The van der Waals surface area contributed by atoms with Gasteiger partial charge in [-0.3, -0.25) is 0 Å². The first kappa shape index (κ1) is 13.6. The van der Waals surface area contributed by atoms with Gasteiger partial charge in [-0.1, -0.05) is 36.4 Å². The number of nitrogens with zero attached hydrogens (tertiary/aromatic N) is 1. The maximum atomic E-state index is 12.4. The normalized spacial score (nSPS) is 11.7. The van der Waals surface area contributed by atoms with Crippen LogP contribution < -0.4 is 5.73 Å². The Morgan fingerprint density at radius 1 is 1.05 bits per heavy atom. The predicted octanol–water partition coefficient (Wildman–Crippen LogP) is 2.09. The summed E-state index contributed by atoms with van der Waals surface area (Å²) in [7, 11) is -1.95. The van der Waals surface area contributed by atoms with Gasteiger partial charge in [-0.05, 0) is 23.8 Å². The van der Waals surface area contributed by atoms with Crippen LogP contribution >= 0.6 is 0 Å². The van der Waals surface area contributed by atoms with Crippen LogP contribution in [-0.4, -0.2) is 19.8 Å². The fraction of sp³-hybridized carbons (Fsp3) is 0.143. The van der Waals surface area contributed by atoms with Crippen molar-refractivity contribution >= 4 is 15.7 Å². The first-order chi connectivity index (χ1) is 9.00. The summed E-state index contributed by atoms with van der Waals surface area (Å²) in [5, 5.41) is 0. The first-order valence-electron chi connectivity index (χ1n) is 5.86. The Balaban J connectivity index is 2.25. The smallest absolute Gasteiger partial charge is 0.243 e. The molecule has 4 nitrogen and oxygen atoms in total. The van der Waals surface area contributed by atoms with Crippen molar-refractivity contribution in [3.8, 4) is 0 Å². The maximum Gasteiger partial charge on any atom is 0.243 e. The standard InChI is InChI=1S/C14H16N2O2S/c1-16(11-12-6-3-2-4-7-12)19(17,18)14-9-5-8-13(15)10-14/h2-10H,11,15H2,1H3. The summed E-state index contributed by atoms with van der Waals surface area (Å²) in [6.45, 7) is 0.331. The highest BCUT2D eigenvalue weighted by atomic mass is 32.2. The van der Waals surface area contributed by atoms with Crippen LogP contribution in [-0.2, 0) is 16.6 Å². The molecule has 0 atom stereocenters. The quantitative estimate of drug-likeness (QED) is 0.870. The van der Waals surface area contributed by atoms with Gasteiger partial charge in [-0.25, -0.2) is 8.42 Å². The second-order valence-electron chi connectivity index (χ2n) is 4.32.